The van der Waals surface area contributed by atoms with Gasteiger partial charge in [0.25, 0.3) is 0 Å². The van der Waals surface area contributed by atoms with Gasteiger partial charge in [0.1, 0.15) is 18.6 Å². The van der Waals surface area contributed by atoms with Gasteiger partial charge in [0.15, 0.2) is 0 Å². The number of aliphatic hydroxyl groups is 2. The average molecular weight is 644 g/mol. The van der Waals surface area contributed by atoms with E-state index >= 15 is 0 Å². The summed E-state index contributed by atoms with van der Waals surface area (Å²) < 4.78 is 0. The Bertz CT molecular complexity index is 973. The van der Waals surface area contributed by atoms with Crippen LogP contribution in [0.5, 0.6) is 0 Å². The molecule has 250 valence electrons. The van der Waals surface area contributed by atoms with Crippen molar-refractivity contribution in [2.45, 2.75) is 107 Å². The number of nitrogens with one attached hydrogen (secondary N) is 2. The number of amides is 2. The van der Waals surface area contributed by atoms with Crippen molar-refractivity contribution in [1.29, 1.82) is 0 Å². The summed E-state index contributed by atoms with van der Waals surface area (Å²) in [6, 6.07) is -2.48. The lowest BCUT2D eigenvalue weighted by Crippen LogP contribution is -2.50. The Morgan fingerprint density at radius 3 is 2.20 bits per heavy atom. The molecule has 13 nitrogen and oxygen atoms in total. The van der Waals surface area contributed by atoms with Gasteiger partial charge in [-0.3, -0.25) is 24.0 Å². The standard InChI is InChI=1S/C30H49N3O10S/c1-2-3-4-5-6-8-12-21(34)13-9-7-10-15-25(24(35)14-11-16-27(37)38)44-20-23(29(41)32-19-28(39)40)33-26(36)18-17-22(31)30(42)43/h6-10,15,21-25,34-35H,2-5,11-14,16-20,31H2,1H3,(H,32,41)(H,33,36)(H,37,38)(H,39,40)(H,42,43)/b8-6-,9-7+,15-10+/t21-,22+,23+,24+,25-/m1/s1. The van der Waals surface area contributed by atoms with E-state index < -0.39 is 65.8 Å². The normalized spacial score (nSPS) is 15.2. The zero-order valence-electron chi connectivity index (χ0n) is 25.3. The SMILES string of the molecule is CCCCC/C=C\C[C@@H](O)C/C=C/C=C/[C@@H](SC[C@H](NC(=O)CC[C@H](N)C(=O)O)C(=O)NCC(=O)O)[C@@H](O)CCCC(=O)O. The summed E-state index contributed by atoms with van der Waals surface area (Å²) in [7, 11) is 0. The summed E-state index contributed by atoms with van der Waals surface area (Å²) in [5.74, 6) is -5.11. The van der Waals surface area contributed by atoms with Gasteiger partial charge in [-0.25, -0.2) is 0 Å². The molecule has 0 bridgehead atoms. The van der Waals surface area contributed by atoms with Crippen molar-refractivity contribution < 1.29 is 49.5 Å². The van der Waals surface area contributed by atoms with Crippen LogP contribution in [-0.2, 0) is 24.0 Å². The first-order valence-electron chi connectivity index (χ1n) is 14.8. The lowest BCUT2D eigenvalue weighted by Gasteiger charge is -2.23. The molecule has 0 saturated heterocycles. The fourth-order valence-corrected chi connectivity index (χ4v) is 4.95. The molecular formula is C30H49N3O10S. The lowest BCUT2D eigenvalue weighted by atomic mass is 10.1. The maximum absolute atomic E-state index is 12.7. The van der Waals surface area contributed by atoms with Crippen molar-refractivity contribution in [3.8, 4) is 0 Å². The number of carboxylic acid groups (broad SMARTS) is 3. The largest absolute Gasteiger partial charge is 0.481 e. The van der Waals surface area contributed by atoms with Crippen LogP contribution in [0.3, 0.4) is 0 Å². The van der Waals surface area contributed by atoms with Gasteiger partial charge in [0.05, 0.1) is 12.2 Å². The van der Waals surface area contributed by atoms with E-state index in [1.54, 1.807) is 24.3 Å². The third-order valence-corrected chi connectivity index (χ3v) is 7.68. The summed E-state index contributed by atoms with van der Waals surface area (Å²) in [5, 5.41) is 51.7. The molecule has 0 radical (unpaired) electrons. The number of hydrogen-bond donors (Lipinski definition) is 8. The van der Waals surface area contributed by atoms with E-state index in [1.807, 2.05) is 6.08 Å². The van der Waals surface area contributed by atoms with E-state index in [0.717, 1.165) is 31.0 Å². The minimum absolute atomic E-state index is 0.0831. The molecule has 5 atom stereocenters. The van der Waals surface area contributed by atoms with E-state index in [2.05, 4.69) is 23.6 Å². The molecule has 0 aromatic carbocycles. The molecule has 0 fully saturated rings. The minimum Gasteiger partial charge on any atom is -0.481 e. The predicted octanol–water partition coefficient (Wildman–Crippen LogP) is 1.97. The van der Waals surface area contributed by atoms with Gasteiger partial charge in [-0.1, -0.05) is 56.2 Å². The molecule has 0 heterocycles. The monoisotopic (exact) mass is 643 g/mol. The summed E-state index contributed by atoms with van der Waals surface area (Å²) in [4.78, 5) is 57.8. The van der Waals surface area contributed by atoms with E-state index in [9.17, 15) is 34.2 Å². The number of hydrogen-bond acceptors (Lipinski definition) is 9. The highest BCUT2D eigenvalue weighted by Gasteiger charge is 2.25. The second-order valence-corrected chi connectivity index (χ2v) is 11.5. The van der Waals surface area contributed by atoms with Crippen LogP contribution >= 0.6 is 11.8 Å². The van der Waals surface area contributed by atoms with Gasteiger partial charge in [-0.2, -0.15) is 0 Å². The summed E-state index contributed by atoms with van der Waals surface area (Å²) in [6.07, 6.45) is 14.4. The van der Waals surface area contributed by atoms with Crippen LogP contribution in [0.25, 0.3) is 0 Å². The van der Waals surface area contributed by atoms with Crippen molar-refractivity contribution >= 4 is 41.5 Å². The fourth-order valence-electron chi connectivity index (χ4n) is 3.74. The first kappa shape index (κ1) is 40.8. The van der Waals surface area contributed by atoms with Crippen molar-refractivity contribution in [1.82, 2.24) is 10.6 Å². The molecule has 0 aliphatic heterocycles. The summed E-state index contributed by atoms with van der Waals surface area (Å²) in [6.45, 7) is 1.45. The van der Waals surface area contributed by atoms with Gasteiger partial charge in [-0.05, 0) is 44.9 Å². The van der Waals surface area contributed by atoms with Crippen LogP contribution in [0.1, 0.15) is 77.6 Å². The van der Waals surface area contributed by atoms with Gasteiger partial charge in [0.2, 0.25) is 11.8 Å². The second-order valence-electron chi connectivity index (χ2n) is 10.3. The maximum Gasteiger partial charge on any atom is 0.322 e. The Morgan fingerprint density at radius 1 is 0.864 bits per heavy atom. The molecule has 44 heavy (non-hydrogen) atoms. The number of allylic oxidation sites excluding steroid dienone is 3. The minimum atomic E-state index is -1.29. The number of aliphatic carboxylic acids is 3. The Hall–Kier alpha value is -3.20. The second kappa shape index (κ2) is 25.2. The van der Waals surface area contributed by atoms with Gasteiger partial charge in [-0.15, -0.1) is 11.8 Å². The molecule has 0 unspecified atom stereocenters. The van der Waals surface area contributed by atoms with Crippen LogP contribution in [0.4, 0.5) is 0 Å². The third kappa shape index (κ3) is 22.4. The number of thioether (sulfide) groups is 1. The molecule has 0 aliphatic carbocycles. The smallest absolute Gasteiger partial charge is 0.322 e. The predicted molar refractivity (Wildman–Crippen MR) is 168 cm³/mol. The highest BCUT2D eigenvalue weighted by molar-refractivity contribution is 8.00. The van der Waals surface area contributed by atoms with Crippen LogP contribution in [0.2, 0.25) is 0 Å². The average Bonchev–Trinajstić information content (AvgIpc) is 2.96. The number of rotatable bonds is 26. The number of carbonyl (C=O) groups excluding carboxylic acids is 2. The van der Waals surface area contributed by atoms with E-state index in [1.165, 1.54) is 6.42 Å². The molecule has 0 rings (SSSR count). The third-order valence-electron chi connectivity index (χ3n) is 6.30. The molecular weight excluding hydrogens is 594 g/mol. The highest BCUT2D eigenvalue weighted by Crippen LogP contribution is 2.22. The first-order valence-corrected chi connectivity index (χ1v) is 15.9. The fraction of sp³-hybridized carbons (Fsp3) is 0.633. The Balaban J connectivity index is 5.39. The summed E-state index contributed by atoms with van der Waals surface area (Å²) >= 11 is 1.10. The van der Waals surface area contributed by atoms with Crippen LogP contribution < -0.4 is 16.4 Å². The zero-order valence-corrected chi connectivity index (χ0v) is 26.1. The van der Waals surface area contributed by atoms with Crippen LogP contribution in [-0.4, -0.2) is 97.1 Å². The lowest BCUT2D eigenvalue weighted by molar-refractivity contribution is -0.139. The Kier molecular flexibility index (Phi) is 23.3. The quantitative estimate of drug-likeness (QED) is 0.0384. The van der Waals surface area contributed by atoms with Gasteiger partial charge in [0, 0.05) is 23.8 Å². The van der Waals surface area contributed by atoms with Crippen molar-refractivity contribution in [3.63, 3.8) is 0 Å². The van der Waals surface area contributed by atoms with E-state index in [4.69, 9.17) is 21.1 Å². The van der Waals surface area contributed by atoms with Crippen LogP contribution in [0.15, 0.2) is 36.5 Å². The number of aliphatic hydroxyl groups excluding tert-OH is 2. The van der Waals surface area contributed by atoms with Gasteiger partial charge < -0.3 is 41.9 Å². The number of unbranched alkanes of at least 4 members (excludes halogenated alkanes) is 3. The Morgan fingerprint density at radius 2 is 1.57 bits per heavy atom. The number of nitrogens with two attached hydrogens (primary N) is 1. The molecule has 2 amide bonds. The van der Waals surface area contributed by atoms with Crippen LogP contribution in [0, 0.1) is 0 Å². The number of carboxylic acids is 3. The first-order chi connectivity index (χ1) is 20.9. The van der Waals surface area contributed by atoms with Gasteiger partial charge >= 0.3 is 17.9 Å². The molecule has 0 aromatic rings. The maximum atomic E-state index is 12.7. The van der Waals surface area contributed by atoms with Crippen molar-refractivity contribution in [3.05, 3.63) is 36.5 Å². The molecule has 0 spiro atoms. The van der Waals surface area contributed by atoms with Crippen molar-refractivity contribution in [2.24, 2.45) is 5.73 Å². The summed E-state index contributed by atoms with van der Waals surface area (Å²) in [5.41, 5.74) is 5.43. The molecule has 0 saturated carbocycles. The zero-order chi connectivity index (χ0) is 33.3. The molecule has 0 aliphatic rings. The molecule has 9 N–H and O–H groups in total. The van der Waals surface area contributed by atoms with E-state index in [-0.39, 0.29) is 37.9 Å². The molecule has 0 aromatic heterocycles. The Labute approximate surface area is 263 Å². The topological polar surface area (TPSA) is 237 Å². The highest BCUT2D eigenvalue weighted by atomic mass is 32.2. The number of carbonyl (C=O) groups is 5. The van der Waals surface area contributed by atoms with E-state index in [0.29, 0.717) is 12.8 Å². The van der Waals surface area contributed by atoms with Crippen molar-refractivity contribution in [2.75, 3.05) is 12.3 Å². The molecule has 14 heteroatoms.